The Morgan fingerprint density at radius 2 is 2.00 bits per heavy atom. The molecule has 4 fully saturated rings. The number of hydrogen-bond acceptors (Lipinski definition) is 7. The van der Waals surface area contributed by atoms with Crippen LogP contribution >= 0.6 is 0 Å². The molecule has 4 aliphatic rings. The fourth-order valence-electron chi connectivity index (χ4n) is 7.41. The van der Waals surface area contributed by atoms with Gasteiger partial charge in [0.2, 0.25) is 5.95 Å². The Balaban J connectivity index is 1.42. The van der Waals surface area contributed by atoms with Crippen LogP contribution < -0.4 is 16.7 Å². The molecule has 10 nitrogen and oxygen atoms in total. The number of aryl methyl sites for hydroxylation is 2. The number of fused-ring (bicyclic) bond motifs is 1. The van der Waals surface area contributed by atoms with E-state index in [2.05, 4.69) is 10.3 Å². The number of primary amides is 1. The van der Waals surface area contributed by atoms with Gasteiger partial charge in [-0.2, -0.15) is 4.98 Å². The molecule has 4 aliphatic carbocycles. The van der Waals surface area contributed by atoms with Gasteiger partial charge < -0.3 is 20.5 Å². The van der Waals surface area contributed by atoms with Crippen LogP contribution in [-0.4, -0.2) is 45.0 Å². The van der Waals surface area contributed by atoms with Gasteiger partial charge in [-0.3, -0.25) is 13.9 Å². The molecule has 4 atom stereocenters. The molecule has 4 bridgehead atoms. The van der Waals surface area contributed by atoms with E-state index >= 15 is 0 Å². The maximum Gasteiger partial charge on any atom is 0.330 e. The number of halogens is 1. The molecule has 0 spiro atoms. The van der Waals surface area contributed by atoms with E-state index in [1.807, 2.05) is 4.57 Å². The lowest BCUT2D eigenvalue weighted by molar-refractivity contribution is -0.269. The molecule has 0 aliphatic heterocycles. The van der Waals surface area contributed by atoms with E-state index in [1.165, 1.54) is 12.1 Å². The third-order valence-corrected chi connectivity index (χ3v) is 8.85. The molecule has 1 aromatic carbocycles. The Hall–Kier alpha value is -3.31. The lowest BCUT2D eigenvalue weighted by Gasteiger charge is -2.47. The summed E-state index contributed by atoms with van der Waals surface area (Å²) in [4.78, 5) is 34.1. The summed E-state index contributed by atoms with van der Waals surface area (Å²) in [5.74, 6) is -1.11. The number of rotatable bonds is 6. The quantitative estimate of drug-likeness (QED) is 0.502. The van der Waals surface area contributed by atoms with Crippen LogP contribution in [0.4, 0.5) is 16.0 Å². The van der Waals surface area contributed by atoms with E-state index in [0.717, 1.165) is 25.7 Å². The van der Waals surface area contributed by atoms with Crippen LogP contribution in [0.2, 0.25) is 0 Å². The van der Waals surface area contributed by atoms with E-state index in [0.29, 0.717) is 28.3 Å². The number of methoxy groups -OCH3 is 2. The first-order valence-corrected chi connectivity index (χ1v) is 12.1. The fourth-order valence-corrected chi connectivity index (χ4v) is 7.41. The van der Waals surface area contributed by atoms with Gasteiger partial charge in [0.25, 0.3) is 5.91 Å². The first-order valence-electron chi connectivity index (χ1n) is 12.1. The smallest absolute Gasteiger partial charge is 0.330 e. The van der Waals surface area contributed by atoms with Crippen LogP contribution in [0.5, 0.6) is 0 Å². The van der Waals surface area contributed by atoms with Crippen molar-refractivity contribution >= 4 is 28.7 Å². The Kier molecular flexibility index (Phi) is 4.88. The monoisotopic (exact) mass is 496 g/mol. The number of carbonyl (C=O) groups is 1. The molecule has 0 saturated heterocycles. The summed E-state index contributed by atoms with van der Waals surface area (Å²) in [6.45, 7) is 1.73. The number of aromatic nitrogens is 4. The SMILES string of the molecule is COC1(OC)C2CC3CC(n4c(=O)n(C)c5cnc(Nc6cc(F)c(C(N)=O)cc6C)nc54)(C2)CC31. The van der Waals surface area contributed by atoms with Gasteiger partial charge in [-0.25, -0.2) is 14.2 Å². The molecular formula is C25H29FN6O4. The van der Waals surface area contributed by atoms with Crippen LogP contribution in [0.1, 0.15) is 41.6 Å². The summed E-state index contributed by atoms with van der Waals surface area (Å²) in [5.41, 5.74) is 6.75. The van der Waals surface area contributed by atoms with Crippen molar-refractivity contribution in [1.29, 1.82) is 0 Å². The minimum atomic E-state index is -0.834. The number of ether oxygens (including phenoxy) is 2. The Bertz CT molecular complexity index is 1470. The van der Waals surface area contributed by atoms with Gasteiger partial charge in [0.05, 0.1) is 17.3 Å². The van der Waals surface area contributed by atoms with Crippen molar-refractivity contribution in [2.24, 2.45) is 30.5 Å². The van der Waals surface area contributed by atoms with Gasteiger partial charge in [-0.05, 0) is 56.2 Å². The zero-order valence-corrected chi connectivity index (χ0v) is 20.7. The van der Waals surface area contributed by atoms with Crippen LogP contribution in [-0.2, 0) is 22.1 Å². The molecule has 2 aromatic heterocycles. The van der Waals surface area contributed by atoms with Crippen LogP contribution in [0.3, 0.4) is 0 Å². The van der Waals surface area contributed by atoms with Crippen molar-refractivity contribution in [2.45, 2.75) is 43.9 Å². The van der Waals surface area contributed by atoms with Crippen molar-refractivity contribution in [1.82, 2.24) is 19.1 Å². The highest BCUT2D eigenvalue weighted by Gasteiger charge is 2.69. The third-order valence-electron chi connectivity index (χ3n) is 8.85. The number of imidazole rings is 1. The number of amides is 1. The molecule has 3 N–H and O–H groups in total. The van der Waals surface area contributed by atoms with Gasteiger partial charge >= 0.3 is 5.69 Å². The minimum Gasteiger partial charge on any atom is -0.366 e. The largest absolute Gasteiger partial charge is 0.366 e. The maximum absolute atomic E-state index is 14.4. The van der Waals surface area contributed by atoms with Crippen molar-refractivity contribution < 1.29 is 18.7 Å². The molecule has 0 radical (unpaired) electrons. The van der Waals surface area contributed by atoms with E-state index in [1.54, 1.807) is 39.0 Å². The van der Waals surface area contributed by atoms with Gasteiger partial charge in [0, 0.05) is 38.8 Å². The molecule has 3 aromatic rings. The molecule has 2 heterocycles. The first kappa shape index (κ1) is 23.1. The second-order valence-electron chi connectivity index (χ2n) is 10.5. The minimum absolute atomic E-state index is 0.133. The standard InChI is InChI=1S/C25H29FN6O4/c1-12-5-15(20(27)33)17(26)7-18(12)29-22-28-11-19-21(30-22)32(23(34)31(19)2)24-8-13-6-14(9-24)25(35-3,36-4)16(13)10-24/h5,7,11,13-14,16H,6,8-10H2,1-4H3,(H2,27,33)(H,28,29,30). The second kappa shape index (κ2) is 7.59. The number of nitrogens with one attached hydrogen (secondary N) is 1. The van der Waals surface area contributed by atoms with Crippen LogP contribution in [0.15, 0.2) is 23.1 Å². The molecule has 1 amide bonds. The van der Waals surface area contributed by atoms with Crippen LogP contribution in [0, 0.1) is 30.5 Å². The molecule has 4 unspecified atom stereocenters. The highest BCUT2D eigenvalue weighted by atomic mass is 19.1. The van der Waals surface area contributed by atoms with E-state index in [-0.39, 0.29) is 34.6 Å². The van der Waals surface area contributed by atoms with Crippen molar-refractivity contribution in [2.75, 3.05) is 19.5 Å². The Morgan fingerprint density at radius 1 is 1.25 bits per heavy atom. The first-order chi connectivity index (χ1) is 17.1. The summed E-state index contributed by atoms with van der Waals surface area (Å²) < 4.78 is 29.7. The topological polar surface area (TPSA) is 126 Å². The lowest BCUT2D eigenvalue weighted by Crippen LogP contribution is -2.53. The maximum atomic E-state index is 14.4. The summed E-state index contributed by atoms with van der Waals surface area (Å²) in [6, 6.07) is 2.59. The van der Waals surface area contributed by atoms with E-state index in [9.17, 15) is 14.0 Å². The lowest BCUT2D eigenvalue weighted by atomic mass is 9.72. The molecular weight excluding hydrogens is 467 g/mol. The normalized spacial score (nSPS) is 27.8. The Morgan fingerprint density at radius 3 is 2.67 bits per heavy atom. The number of benzene rings is 1. The highest BCUT2D eigenvalue weighted by Crippen LogP contribution is 2.68. The third kappa shape index (κ3) is 2.89. The number of anilines is 2. The number of carbonyl (C=O) groups excluding carboxylic acids is 1. The zero-order valence-electron chi connectivity index (χ0n) is 20.7. The predicted octanol–water partition coefficient (Wildman–Crippen LogP) is 2.55. The van der Waals surface area contributed by atoms with Crippen molar-refractivity contribution in [3.05, 3.63) is 45.8 Å². The summed E-state index contributed by atoms with van der Waals surface area (Å²) in [7, 11) is 5.14. The van der Waals surface area contributed by atoms with Crippen molar-refractivity contribution in [3.63, 3.8) is 0 Å². The van der Waals surface area contributed by atoms with Gasteiger partial charge in [-0.1, -0.05) is 0 Å². The van der Waals surface area contributed by atoms with Gasteiger partial charge in [0.15, 0.2) is 11.4 Å². The second-order valence-corrected chi connectivity index (χ2v) is 10.5. The highest BCUT2D eigenvalue weighted by molar-refractivity contribution is 5.94. The van der Waals surface area contributed by atoms with Gasteiger partial charge in [-0.15, -0.1) is 0 Å². The number of hydrogen-bond donors (Lipinski definition) is 2. The van der Waals surface area contributed by atoms with E-state index < -0.39 is 17.5 Å². The van der Waals surface area contributed by atoms with E-state index in [4.69, 9.17) is 20.2 Å². The number of nitrogens with two attached hydrogens (primary N) is 1. The zero-order chi connectivity index (χ0) is 25.6. The summed E-state index contributed by atoms with van der Waals surface area (Å²) in [6.07, 6.45) is 5.05. The summed E-state index contributed by atoms with van der Waals surface area (Å²) >= 11 is 0. The molecule has 7 rings (SSSR count). The average Bonchev–Trinajstić information content (AvgIpc) is 3.35. The average molecular weight is 497 g/mol. The molecule has 4 saturated carbocycles. The Labute approximate surface area is 206 Å². The fraction of sp³-hybridized carbons (Fsp3) is 0.520. The molecule has 11 heteroatoms. The predicted molar refractivity (Wildman–Crippen MR) is 129 cm³/mol. The van der Waals surface area contributed by atoms with Crippen molar-refractivity contribution in [3.8, 4) is 0 Å². The van der Waals surface area contributed by atoms with Crippen LogP contribution in [0.25, 0.3) is 11.2 Å². The van der Waals surface area contributed by atoms with Gasteiger partial charge in [0.1, 0.15) is 11.3 Å². The number of nitrogens with zero attached hydrogens (tertiary/aromatic N) is 4. The molecule has 36 heavy (non-hydrogen) atoms. The molecule has 190 valence electrons. The summed E-state index contributed by atoms with van der Waals surface area (Å²) in [5, 5.41) is 3.04.